The van der Waals surface area contributed by atoms with Gasteiger partial charge in [0.1, 0.15) is 0 Å². The van der Waals surface area contributed by atoms with Crippen LogP contribution in [0.4, 0.5) is 0 Å². The van der Waals surface area contributed by atoms with Crippen LogP contribution < -0.4 is 5.32 Å². The molecule has 88 valence electrons. The van der Waals surface area contributed by atoms with Gasteiger partial charge in [-0.3, -0.25) is 4.79 Å². The molecule has 4 nitrogen and oxygen atoms in total. The fraction of sp³-hybridized carbons (Fsp3) is 0.909. The van der Waals surface area contributed by atoms with E-state index in [0.29, 0.717) is 6.42 Å². The number of nitrogens with zero attached hydrogens (tertiary/aromatic N) is 2. The number of likely N-dealkylation sites (tertiary alicyclic amines) is 1. The summed E-state index contributed by atoms with van der Waals surface area (Å²) >= 11 is 0. The molecule has 0 spiro atoms. The van der Waals surface area contributed by atoms with Crippen LogP contribution >= 0.6 is 0 Å². The molecule has 0 bridgehead atoms. The summed E-state index contributed by atoms with van der Waals surface area (Å²) in [6.45, 7) is 4.30. The molecule has 1 atom stereocenters. The van der Waals surface area contributed by atoms with Gasteiger partial charge in [-0.15, -0.1) is 0 Å². The van der Waals surface area contributed by atoms with Gasteiger partial charge in [0, 0.05) is 33.6 Å². The highest BCUT2D eigenvalue weighted by Crippen LogP contribution is 2.15. The first-order chi connectivity index (χ1) is 7.13. The smallest absolute Gasteiger partial charge is 0.223 e. The number of carbonyl (C=O) groups excluding carboxylic acids is 1. The minimum Gasteiger partial charge on any atom is -0.349 e. The van der Waals surface area contributed by atoms with Gasteiger partial charge in [0.25, 0.3) is 0 Å². The summed E-state index contributed by atoms with van der Waals surface area (Å²) in [5.41, 5.74) is 0. The van der Waals surface area contributed by atoms with E-state index in [9.17, 15) is 4.79 Å². The predicted octanol–water partition coefficient (Wildman–Crippen LogP) is 0.00600. The normalized spacial score (nSPS) is 21.9. The monoisotopic (exact) mass is 213 g/mol. The fourth-order valence-corrected chi connectivity index (χ4v) is 2.05. The maximum absolute atomic E-state index is 11.4. The van der Waals surface area contributed by atoms with Crippen molar-refractivity contribution < 1.29 is 4.79 Å². The summed E-state index contributed by atoms with van der Waals surface area (Å²) in [4.78, 5) is 15.5. The molecule has 0 aromatic carbocycles. The van der Waals surface area contributed by atoms with Crippen molar-refractivity contribution in [1.29, 1.82) is 0 Å². The second-order valence-corrected chi connectivity index (χ2v) is 4.55. The van der Waals surface area contributed by atoms with Gasteiger partial charge in [0.2, 0.25) is 5.91 Å². The standard InChI is InChI=1S/C11H23N3O/c1-12-8-10-4-6-14(9-10)7-5-11(15)13(2)3/h10,12H,4-9H2,1-3H3. The molecule has 1 amide bonds. The van der Waals surface area contributed by atoms with Gasteiger partial charge >= 0.3 is 0 Å². The molecule has 1 fully saturated rings. The highest BCUT2D eigenvalue weighted by atomic mass is 16.2. The average molecular weight is 213 g/mol. The Labute approximate surface area is 92.6 Å². The average Bonchev–Trinajstić information content (AvgIpc) is 2.62. The van der Waals surface area contributed by atoms with Crippen LogP contribution in [-0.4, -0.2) is 63.0 Å². The number of nitrogens with one attached hydrogen (secondary N) is 1. The van der Waals surface area contributed by atoms with Crippen molar-refractivity contribution in [2.24, 2.45) is 5.92 Å². The van der Waals surface area contributed by atoms with Crippen molar-refractivity contribution in [1.82, 2.24) is 15.1 Å². The van der Waals surface area contributed by atoms with E-state index < -0.39 is 0 Å². The molecule has 1 N–H and O–H groups in total. The Morgan fingerprint density at radius 1 is 1.53 bits per heavy atom. The summed E-state index contributed by atoms with van der Waals surface area (Å²) in [5.74, 6) is 0.997. The van der Waals surface area contributed by atoms with Crippen molar-refractivity contribution in [2.75, 3.05) is 47.3 Å². The van der Waals surface area contributed by atoms with Gasteiger partial charge in [-0.2, -0.15) is 0 Å². The summed E-state index contributed by atoms with van der Waals surface area (Å²) in [5, 5.41) is 3.21. The SMILES string of the molecule is CNCC1CCN(CCC(=O)N(C)C)C1. The summed E-state index contributed by atoms with van der Waals surface area (Å²) < 4.78 is 0. The lowest BCUT2D eigenvalue weighted by Crippen LogP contribution is -2.30. The highest BCUT2D eigenvalue weighted by molar-refractivity contribution is 5.75. The minimum atomic E-state index is 0.229. The summed E-state index contributed by atoms with van der Waals surface area (Å²) in [6.07, 6.45) is 1.91. The second kappa shape index (κ2) is 6.08. The first-order valence-electron chi connectivity index (χ1n) is 5.70. The number of hydrogen-bond acceptors (Lipinski definition) is 3. The van der Waals surface area contributed by atoms with Crippen LogP contribution in [0.2, 0.25) is 0 Å². The quantitative estimate of drug-likeness (QED) is 0.698. The summed E-state index contributed by atoms with van der Waals surface area (Å²) in [6, 6.07) is 0. The van der Waals surface area contributed by atoms with Crippen LogP contribution in [0.3, 0.4) is 0 Å². The maximum Gasteiger partial charge on any atom is 0.223 e. The van der Waals surface area contributed by atoms with E-state index in [0.717, 1.165) is 32.1 Å². The molecule has 0 saturated carbocycles. The third kappa shape index (κ3) is 4.18. The zero-order valence-corrected chi connectivity index (χ0v) is 10.1. The first kappa shape index (κ1) is 12.5. The fourth-order valence-electron chi connectivity index (χ4n) is 2.05. The zero-order chi connectivity index (χ0) is 11.3. The van der Waals surface area contributed by atoms with Crippen LogP contribution in [0.25, 0.3) is 0 Å². The van der Waals surface area contributed by atoms with Crippen molar-refractivity contribution in [3.63, 3.8) is 0 Å². The van der Waals surface area contributed by atoms with Gasteiger partial charge in [0.15, 0.2) is 0 Å². The Kier molecular flexibility index (Phi) is 5.05. The Hall–Kier alpha value is -0.610. The molecule has 1 unspecified atom stereocenters. The lowest BCUT2D eigenvalue weighted by molar-refractivity contribution is -0.128. The Morgan fingerprint density at radius 2 is 2.27 bits per heavy atom. The number of rotatable bonds is 5. The van der Waals surface area contributed by atoms with Gasteiger partial charge < -0.3 is 15.1 Å². The third-order valence-electron chi connectivity index (χ3n) is 3.00. The maximum atomic E-state index is 11.4. The molecular weight excluding hydrogens is 190 g/mol. The van der Waals surface area contributed by atoms with Crippen LogP contribution in [-0.2, 0) is 4.79 Å². The van der Waals surface area contributed by atoms with Gasteiger partial charge in [0.05, 0.1) is 0 Å². The van der Waals surface area contributed by atoms with Gasteiger partial charge in [-0.25, -0.2) is 0 Å². The van der Waals surface area contributed by atoms with Crippen molar-refractivity contribution in [2.45, 2.75) is 12.8 Å². The molecule has 1 aliphatic heterocycles. The molecule has 0 aromatic heterocycles. The number of hydrogen-bond donors (Lipinski definition) is 1. The molecule has 1 rings (SSSR count). The molecule has 0 aromatic rings. The lowest BCUT2D eigenvalue weighted by Gasteiger charge is -2.17. The highest BCUT2D eigenvalue weighted by Gasteiger charge is 2.21. The topological polar surface area (TPSA) is 35.6 Å². The molecule has 1 aliphatic rings. The van der Waals surface area contributed by atoms with E-state index in [1.807, 2.05) is 21.1 Å². The number of amides is 1. The zero-order valence-electron chi connectivity index (χ0n) is 10.1. The third-order valence-corrected chi connectivity index (χ3v) is 3.00. The van der Waals surface area contributed by atoms with Gasteiger partial charge in [-0.05, 0) is 32.5 Å². The van der Waals surface area contributed by atoms with E-state index in [2.05, 4.69) is 10.2 Å². The van der Waals surface area contributed by atoms with Crippen LogP contribution in [0.15, 0.2) is 0 Å². The molecule has 0 radical (unpaired) electrons. The van der Waals surface area contributed by atoms with Crippen molar-refractivity contribution in [3.8, 4) is 0 Å². The van der Waals surface area contributed by atoms with Crippen molar-refractivity contribution in [3.05, 3.63) is 0 Å². The molecule has 0 aliphatic carbocycles. The largest absolute Gasteiger partial charge is 0.349 e. The molecule has 1 saturated heterocycles. The molecular formula is C11H23N3O. The number of carbonyl (C=O) groups is 1. The Bertz CT molecular complexity index is 206. The molecule has 1 heterocycles. The minimum absolute atomic E-state index is 0.229. The van der Waals surface area contributed by atoms with Crippen LogP contribution in [0, 0.1) is 5.92 Å². The molecule has 15 heavy (non-hydrogen) atoms. The van der Waals surface area contributed by atoms with E-state index in [1.165, 1.54) is 6.42 Å². The van der Waals surface area contributed by atoms with Crippen LogP contribution in [0.5, 0.6) is 0 Å². The van der Waals surface area contributed by atoms with E-state index >= 15 is 0 Å². The Morgan fingerprint density at radius 3 is 2.87 bits per heavy atom. The molecule has 4 heteroatoms. The summed E-state index contributed by atoms with van der Waals surface area (Å²) in [7, 11) is 5.63. The predicted molar refractivity (Wildman–Crippen MR) is 61.8 cm³/mol. The van der Waals surface area contributed by atoms with E-state index in [-0.39, 0.29) is 5.91 Å². The lowest BCUT2D eigenvalue weighted by atomic mass is 10.1. The van der Waals surface area contributed by atoms with Crippen LogP contribution in [0.1, 0.15) is 12.8 Å². The first-order valence-corrected chi connectivity index (χ1v) is 5.70. The Balaban J connectivity index is 2.16. The van der Waals surface area contributed by atoms with Crippen molar-refractivity contribution >= 4 is 5.91 Å². The second-order valence-electron chi connectivity index (χ2n) is 4.55. The van der Waals surface area contributed by atoms with Gasteiger partial charge in [-0.1, -0.05) is 0 Å². The van der Waals surface area contributed by atoms with E-state index in [4.69, 9.17) is 0 Å². The van der Waals surface area contributed by atoms with E-state index in [1.54, 1.807) is 4.90 Å².